The molecule has 4 aliphatic rings. The Labute approximate surface area is 457 Å². The van der Waals surface area contributed by atoms with Gasteiger partial charge in [0.05, 0.1) is 34.8 Å². The molecule has 0 aromatic heterocycles. The Bertz CT molecular complexity index is 2630. The average Bonchev–Trinajstić information content (AvgIpc) is 3.45. The molecule has 78 heavy (non-hydrogen) atoms. The maximum absolute atomic E-state index is 14.6. The van der Waals surface area contributed by atoms with Crippen LogP contribution in [0.15, 0.2) is 84.9 Å². The number of unbranched alkanes of at least 4 members (excludes halogenated alkanes) is 4. The van der Waals surface area contributed by atoms with Gasteiger partial charge in [-0.1, -0.05) is 65.2 Å². The molecular formula is C64H76F2O12. The van der Waals surface area contributed by atoms with Crippen LogP contribution in [0.1, 0.15) is 189 Å². The first kappa shape index (κ1) is 57.7. The molecule has 0 amide bonds. The molecule has 0 aliphatic heterocycles. The largest absolute Gasteiger partial charge is 0.459 e. The molecule has 4 aromatic carbocycles. The van der Waals surface area contributed by atoms with Crippen molar-refractivity contribution in [2.24, 2.45) is 35.5 Å². The molecule has 0 saturated heterocycles. The molecular weight excluding hydrogens is 999 g/mol. The van der Waals surface area contributed by atoms with Crippen LogP contribution in [0.5, 0.6) is 23.0 Å². The smallest absolute Gasteiger partial charge is 0.338 e. The molecule has 8 rings (SSSR count). The van der Waals surface area contributed by atoms with Gasteiger partial charge in [0.15, 0.2) is 0 Å². The highest BCUT2D eigenvalue weighted by molar-refractivity contribution is 5.90. The van der Waals surface area contributed by atoms with Crippen LogP contribution >= 0.6 is 0 Å². The molecule has 0 N–H and O–H groups in total. The summed E-state index contributed by atoms with van der Waals surface area (Å²) >= 11 is 0. The van der Waals surface area contributed by atoms with Gasteiger partial charge < -0.3 is 28.4 Å². The lowest BCUT2D eigenvalue weighted by Crippen LogP contribution is -2.30. The first-order valence-corrected chi connectivity index (χ1v) is 28.9. The van der Waals surface area contributed by atoms with Crippen molar-refractivity contribution in [2.45, 2.75) is 180 Å². The summed E-state index contributed by atoms with van der Waals surface area (Å²) in [6.07, 6.45) is 19.6. The molecule has 4 aromatic rings. The molecule has 0 bridgehead atoms. The fourth-order valence-corrected chi connectivity index (χ4v) is 11.7. The number of esters is 6. The summed E-state index contributed by atoms with van der Waals surface area (Å²) in [5, 5.41) is 0. The fraction of sp³-hybridized carbons (Fsp3) is 0.531. The number of carbonyl (C=O) groups excluding carboxylic acids is 6. The lowest BCUT2D eigenvalue weighted by Gasteiger charge is -2.27. The van der Waals surface area contributed by atoms with Crippen LogP contribution in [0.3, 0.4) is 0 Å². The van der Waals surface area contributed by atoms with E-state index in [-0.39, 0.29) is 46.4 Å². The summed E-state index contributed by atoms with van der Waals surface area (Å²) in [5.41, 5.74) is 0.825. The summed E-state index contributed by atoms with van der Waals surface area (Å²) in [6, 6.07) is 19.9. The topological polar surface area (TPSA) is 158 Å². The third-order valence-corrected chi connectivity index (χ3v) is 16.5. The number of benzene rings is 4. The highest BCUT2D eigenvalue weighted by Crippen LogP contribution is 2.39. The van der Waals surface area contributed by atoms with Gasteiger partial charge >= 0.3 is 35.8 Å². The molecule has 418 valence electrons. The van der Waals surface area contributed by atoms with Crippen LogP contribution < -0.4 is 18.9 Å². The van der Waals surface area contributed by atoms with Crippen molar-refractivity contribution in [3.8, 4) is 34.1 Å². The van der Waals surface area contributed by atoms with Gasteiger partial charge in [-0.25, -0.2) is 18.4 Å². The third kappa shape index (κ3) is 16.5. The van der Waals surface area contributed by atoms with Crippen molar-refractivity contribution in [2.75, 3.05) is 0 Å². The van der Waals surface area contributed by atoms with Crippen molar-refractivity contribution in [3.63, 3.8) is 0 Å². The third-order valence-electron chi connectivity index (χ3n) is 16.5. The zero-order chi connectivity index (χ0) is 55.0. The average molecular weight is 1080 g/mol. The van der Waals surface area contributed by atoms with Crippen LogP contribution in [0.2, 0.25) is 0 Å². The molecule has 12 nitrogen and oxygen atoms in total. The minimum Gasteiger partial charge on any atom is -0.459 e. The van der Waals surface area contributed by atoms with Crippen molar-refractivity contribution in [1.29, 1.82) is 0 Å². The van der Waals surface area contributed by atoms with Crippen LogP contribution in [0, 0.1) is 47.1 Å². The van der Waals surface area contributed by atoms with Crippen molar-refractivity contribution >= 4 is 35.8 Å². The van der Waals surface area contributed by atoms with Gasteiger partial charge in [-0.2, -0.15) is 0 Å². The van der Waals surface area contributed by atoms with Crippen LogP contribution in [0.25, 0.3) is 11.1 Å². The molecule has 4 saturated carbocycles. The van der Waals surface area contributed by atoms with E-state index in [0.29, 0.717) is 85.8 Å². The van der Waals surface area contributed by atoms with E-state index < -0.39 is 59.6 Å². The SMILES string of the molecule is CCCCCC1CCC(C(=O)Oc2ccc(C(=O)OC3CCC(C(=O)Oc4ccc(OC(=O)C5CCC(OC(=O)c6ccc(OC(=O)C7CCC(CCCCC)CC7)cc6)CC5)c(-c5cc(F)cc(F)c5)c4)CC3)cc2)CC1. The van der Waals surface area contributed by atoms with Gasteiger partial charge in [0, 0.05) is 11.6 Å². The number of hydrogen-bond acceptors (Lipinski definition) is 12. The predicted octanol–water partition coefficient (Wildman–Crippen LogP) is 14.9. The number of carbonyl (C=O) groups is 6. The zero-order valence-corrected chi connectivity index (χ0v) is 45.3. The molecule has 0 unspecified atom stereocenters. The second-order valence-corrected chi connectivity index (χ2v) is 22.2. The highest BCUT2D eigenvalue weighted by atomic mass is 19.1. The number of ether oxygens (including phenoxy) is 6. The van der Waals surface area contributed by atoms with E-state index in [1.54, 1.807) is 48.5 Å². The van der Waals surface area contributed by atoms with E-state index >= 15 is 0 Å². The molecule has 0 heterocycles. The number of hydrogen-bond donors (Lipinski definition) is 0. The Morgan fingerprint density at radius 2 is 0.769 bits per heavy atom. The van der Waals surface area contributed by atoms with E-state index in [2.05, 4.69) is 13.8 Å². The normalized spacial score (nSPS) is 23.3. The second kappa shape index (κ2) is 28.4. The van der Waals surface area contributed by atoms with Crippen LogP contribution in [-0.2, 0) is 28.7 Å². The predicted molar refractivity (Wildman–Crippen MR) is 289 cm³/mol. The van der Waals surface area contributed by atoms with Gasteiger partial charge in [-0.15, -0.1) is 0 Å². The van der Waals surface area contributed by atoms with Gasteiger partial charge in [0.2, 0.25) is 0 Å². The monoisotopic (exact) mass is 1070 g/mol. The summed E-state index contributed by atoms with van der Waals surface area (Å²) in [7, 11) is 0. The van der Waals surface area contributed by atoms with Crippen LogP contribution in [0.4, 0.5) is 8.78 Å². The summed E-state index contributed by atoms with van der Waals surface area (Å²) in [6.45, 7) is 4.41. The van der Waals surface area contributed by atoms with Crippen LogP contribution in [-0.4, -0.2) is 48.0 Å². The summed E-state index contributed by atoms with van der Waals surface area (Å²) in [5.74, 6) is -3.39. The molecule has 4 fully saturated rings. The molecule has 14 heteroatoms. The number of rotatable bonds is 21. The fourth-order valence-electron chi connectivity index (χ4n) is 11.7. The molecule has 4 aliphatic carbocycles. The second-order valence-electron chi connectivity index (χ2n) is 22.2. The zero-order valence-electron chi connectivity index (χ0n) is 45.3. The minimum atomic E-state index is -0.853. The maximum atomic E-state index is 14.6. The van der Waals surface area contributed by atoms with E-state index in [1.807, 2.05) is 0 Å². The minimum absolute atomic E-state index is 0.0150. The van der Waals surface area contributed by atoms with Crippen molar-refractivity contribution < 1.29 is 66.0 Å². The molecule has 0 spiro atoms. The lowest BCUT2D eigenvalue weighted by atomic mass is 9.80. The van der Waals surface area contributed by atoms with Crippen molar-refractivity contribution in [3.05, 3.63) is 108 Å². The van der Waals surface area contributed by atoms with E-state index in [0.717, 1.165) is 69.6 Å². The highest BCUT2D eigenvalue weighted by Gasteiger charge is 2.34. The lowest BCUT2D eigenvalue weighted by molar-refractivity contribution is -0.141. The Kier molecular flexibility index (Phi) is 21.1. The molecule has 0 radical (unpaired) electrons. The summed E-state index contributed by atoms with van der Waals surface area (Å²) in [4.78, 5) is 79.2. The van der Waals surface area contributed by atoms with Gasteiger partial charge in [0.1, 0.15) is 46.8 Å². The van der Waals surface area contributed by atoms with Gasteiger partial charge in [-0.05, 0) is 199 Å². The van der Waals surface area contributed by atoms with E-state index in [9.17, 15) is 37.5 Å². The standard InChI is InChI=1S/C64H76F2O12/c1-3-5-7-9-41-11-15-43(16-12-41)59(67)73-52-27-19-45(20-28-52)61(69)75-54-31-23-47(24-32-54)63(71)77-56-35-36-58(57(40-56)49-37-50(65)39-51(66)38-49)78-64(72)48-25-33-55(34-26-48)76-62(70)46-21-29-53(30-22-46)74-60(68)44-17-13-42(14-18-44)10-8-6-4-2/h19-22,27-30,35-44,47-48,54-55H,3-18,23-26,31-34H2,1-2H3. The van der Waals surface area contributed by atoms with E-state index in [4.69, 9.17) is 28.4 Å². The molecule has 0 atom stereocenters. The van der Waals surface area contributed by atoms with Crippen molar-refractivity contribution in [1.82, 2.24) is 0 Å². The Morgan fingerprint density at radius 3 is 1.17 bits per heavy atom. The van der Waals surface area contributed by atoms with Gasteiger partial charge in [-0.3, -0.25) is 19.2 Å². The van der Waals surface area contributed by atoms with E-state index in [1.165, 1.54) is 69.6 Å². The maximum Gasteiger partial charge on any atom is 0.338 e. The first-order valence-electron chi connectivity index (χ1n) is 28.9. The number of halogens is 2. The quantitative estimate of drug-likeness (QED) is 0.0442. The Morgan fingerprint density at radius 1 is 0.410 bits per heavy atom. The summed E-state index contributed by atoms with van der Waals surface area (Å²) < 4.78 is 63.8. The Hall–Kier alpha value is -6.44. The van der Waals surface area contributed by atoms with Gasteiger partial charge in [0.25, 0.3) is 0 Å². The Balaban J connectivity index is 0.773. The first-order chi connectivity index (χ1) is 37.8.